The molecular formula is C9H14F3N5. The van der Waals surface area contributed by atoms with E-state index < -0.39 is 12.6 Å². The fourth-order valence-corrected chi connectivity index (χ4v) is 1.19. The Labute approximate surface area is 96.6 Å². The van der Waals surface area contributed by atoms with Gasteiger partial charge >= 0.3 is 6.18 Å². The highest BCUT2D eigenvalue weighted by molar-refractivity contribution is 5.40. The van der Waals surface area contributed by atoms with Crippen LogP contribution in [-0.4, -0.2) is 22.7 Å². The first-order valence-corrected chi connectivity index (χ1v) is 5.10. The number of nitrogen functional groups attached to an aromatic ring is 1. The molecule has 1 aromatic heterocycles. The molecule has 0 aromatic carbocycles. The van der Waals surface area contributed by atoms with Gasteiger partial charge in [-0.3, -0.25) is 4.98 Å². The van der Waals surface area contributed by atoms with E-state index >= 15 is 0 Å². The second-order valence-electron chi connectivity index (χ2n) is 3.43. The van der Waals surface area contributed by atoms with Gasteiger partial charge in [0, 0.05) is 13.0 Å². The molecule has 0 radical (unpaired) electrons. The maximum atomic E-state index is 11.8. The molecule has 0 unspecified atom stereocenters. The summed E-state index contributed by atoms with van der Waals surface area (Å²) in [6.07, 6.45) is -1.41. The number of halogens is 3. The van der Waals surface area contributed by atoms with Crippen molar-refractivity contribution >= 4 is 11.6 Å². The summed E-state index contributed by atoms with van der Waals surface area (Å²) >= 11 is 0. The fraction of sp³-hybridized carbons (Fsp3) is 0.556. The minimum absolute atomic E-state index is 0.0960. The van der Waals surface area contributed by atoms with E-state index in [2.05, 4.69) is 20.7 Å². The van der Waals surface area contributed by atoms with E-state index in [4.69, 9.17) is 5.84 Å². The van der Waals surface area contributed by atoms with Crippen molar-refractivity contribution in [1.29, 1.82) is 0 Å². The SMILES string of the molecule is NNc1cncc(NCCCCC(F)(F)F)n1. The maximum Gasteiger partial charge on any atom is 0.389 e. The number of nitrogens with zero attached hydrogens (tertiary/aromatic N) is 2. The molecule has 0 amide bonds. The van der Waals surface area contributed by atoms with Gasteiger partial charge in [0.25, 0.3) is 0 Å². The number of nitrogens with one attached hydrogen (secondary N) is 2. The highest BCUT2D eigenvalue weighted by Gasteiger charge is 2.25. The number of anilines is 2. The van der Waals surface area contributed by atoms with Crippen LogP contribution in [0.25, 0.3) is 0 Å². The smallest absolute Gasteiger partial charge is 0.369 e. The number of hydrogen-bond donors (Lipinski definition) is 3. The molecule has 1 heterocycles. The first-order chi connectivity index (χ1) is 8.01. The first-order valence-electron chi connectivity index (χ1n) is 5.10. The Balaban J connectivity index is 2.22. The summed E-state index contributed by atoms with van der Waals surface area (Å²) in [4.78, 5) is 7.85. The third kappa shape index (κ3) is 5.91. The zero-order valence-electron chi connectivity index (χ0n) is 9.09. The van der Waals surface area contributed by atoms with Gasteiger partial charge in [0.05, 0.1) is 12.4 Å². The molecule has 1 aromatic rings. The highest BCUT2D eigenvalue weighted by Crippen LogP contribution is 2.22. The number of alkyl halides is 3. The highest BCUT2D eigenvalue weighted by atomic mass is 19.4. The Morgan fingerprint density at radius 3 is 2.53 bits per heavy atom. The number of aromatic nitrogens is 2. The average Bonchev–Trinajstić information content (AvgIpc) is 2.27. The van der Waals surface area contributed by atoms with Gasteiger partial charge in [-0.05, 0) is 12.8 Å². The van der Waals surface area contributed by atoms with Crippen LogP contribution in [0.2, 0.25) is 0 Å². The summed E-state index contributed by atoms with van der Waals surface area (Å²) in [5.74, 6) is 6.01. The van der Waals surface area contributed by atoms with Gasteiger partial charge in [-0.25, -0.2) is 10.8 Å². The quantitative estimate of drug-likeness (QED) is 0.408. The third-order valence-electron chi connectivity index (χ3n) is 1.98. The number of nitrogens with two attached hydrogens (primary N) is 1. The lowest BCUT2D eigenvalue weighted by molar-refractivity contribution is -0.135. The molecule has 0 aliphatic heterocycles. The van der Waals surface area contributed by atoms with Crippen LogP contribution < -0.4 is 16.6 Å². The summed E-state index contributed by atoms with van der Waals surface area (Å²) in [7, 11) is 0. The summed E-state index contributed by atoms with van der Waals surface area (Å²) in [6.45, 7) is 0.415. The first kappa shape index (κ1) is 13.5. The van der Waals surface area contributed by atoms with Crippen LogP contribution in [0.1, 0.15) is 19.3 Å². The standard InChI is InChI=1S/C9H14F3N5/c10-9(11,12)3-1-2-4-15-7-5-14-6-8(16-7)17-13/h5-6H,1-4,13H2,(H2,15,16,17). The number of rotatable bonds is 6. The van der Waals surface area contributed by atoms with Crippen LogP contribution in [-0.2, 0) is 0 Å². The lowest BCUT2D eigenvalue weighted by Crippen LogP contribution is -2.11. The summed E-state index contributed by atoms with van der Waals surface area (Å²) in [5, 5.41) is 2.87. The van der Waals surface area contributed by atoms with Crippen molar-refractivity contribution in [3.05, 3.63) is 12.4 Å². The molecule has 5 nitrogen and oxygen atoms in total. The zero-order valence-corrected chi connectivity index (χ0v) is 9.09. The van der Waals surface area contributed by atoms with Crippen LogP contribution in [0.5, 0.6) is 0 Å². The van der Waals surface area contributed by atoms with Crippen LogP contribution in [0.15, 0.2) is 12.4 Å². The molecule has 0 aliphatic rings. The van der Waals surface area contributed by atoms with Crippen molar-refractivity contribution in [2.24, 2.45) is 5.84 Å². The van der Waals surface area contributed by atoms with E-state index in [-0.39, 0.29) is 6.42 Å². The molecular weight excluding hydrogens is 235 g/mol. The molecule has 96 valence electrons. The number of unbranched alkanes of at least 4 members (excludes halogenated alkanes) is 1. The van der Waals surface area contributed by atoms with Gasteiger partial charge in [-0.2, -0.15) is 13.2 Å². The summed E-state index contributed by atoms with van der Waals surface area (Å²) in [5.41, 5.74) is 2.33. The van der Waals surface area contributed by atoms with Crippen molar-refractivity contribution in [3.63, 3.8) is 0 Å². The van der Waals surface area contributed by atoms with E-state index in [9.17, 15) is 13.2 Å². The summed E-state index contributed by atoms with van der Waals surface area (Å²) < 4.78 is 35.5. The minimum atomic E-state index is -4.08. The molecule has 4 N–H and O–H groups in total. The normalized spacial score (nSPS) is 11.3. The van der Waals surface area contributed by atoms with E-state index in [0.29, 0.717) is 24.6 Å². The Hall–Kier alpha value is -1.57. The Kier molecular flexibility index (Phi) is 4.95. The van der Waals surface area contributed by atoms with Gasteiger partial charge in [0.1, 0.15) is 5.82 Å². The Morgan fingerprint density at radius 2 is 1.88 bits per heavy atom. The minimum Gasteiger partial charge on any atom is -0.369 e. The largest absolute Gasteiger partial charge is 0.389 e. The second-order valence-corrected chi connectivity index (χ2v) is 3.43. The molecule has 0 spiro atoms. The van der Waals surface area contributed by atoms with E-state index in [1.54, 1.807) is 0 Å². The van der Waals surface area contributed by atoms with E-state index in [1.165, 1.54) is 12.4 Å². The van der Waals surface area contributed by atoms with E-state index in [0.717, 1.165) is 0 Å². The van der Waals surface area contributed by atoms with Crippen LogP contribution >= 0.6 is 0 Å². The lowest BCUT2D eigenvalue weighted by atomic mass is 10.2. The predicted octanol–water partition coefficient (Wildman–Crippen LogP) is 1.91. The van der Waals surface area contributed by atoms with Crippen molar-refractivity contribution in [1.82, 2.24) is 9.97 Å². The Bertz CT molecular complexity index is 342. The number of hydrogen-bond acceptors (Lipinski definition) is 5. The molecule has 8 heteroatoms. The maximum absolute atomic E-state index is 11.8. The zero-order chi connectivity index (χ0) is 12.7. The third-order valence-corrected chi connectivity index (χ3v) is 1.98. The van der Waals surface area contributed by atoms with Gasteiger partial charge < -0.3 is 10.7 Å². The molecule has 17 heavy (non-hydrogen) atoms. The summed E-state index contributed by atoms with van der Waals surface area (Å²) in [6, 6.07) is 0. The molecule has 1 rings (SSSR count). The molecule has 0 aliphatic carbocycles. The lowest BCUT2D eigenvalue weighted by Gasteiger charge is -2.07. The van der Waals surface area contributed by atoms with Gasteiger partial charge in [0.2, 0.25) is 0 Å². The van der Waals surface area contributed by atoms with Crippen molar-refractivity contribution in [3.8, 4) is 0 Å². The van der Waals surface area contributed by atoms with Gasteiger partial charge in [0.15, 0.2) is 5.82 Å². The molecule has 0 saturated heterocycles. The van der Waals surface area contributed by atoms with E-state index in [1.807, 2.05) is 0 Å². The van der Waals surface area contributed by atoms with Crippen LogP contribution in [0.4, 0.5) is 24.8 Å². The number of hydrazine groups is 1. The fourth-order valence-electron chi connectivity index (χ4n) is 1.19. The second kappa shape index (κ2) is 6.24. The predicted molar refractivity (Wildman–Crippen MR) is 58.2 cm³/mol. The van der Waals surface area contributed by atoms with Crippen molar-refractivity contribution in [2.75, 3.05) is 17.3 Å². The monoisotopic (exact) mass is 249 g/mol. The molecule has 0 saturated carbocycles. The van der Waals surface area contributed by atoms with Crippen LogP contribution in [0, 0.1) is 0 Å². The Morgan fingerprint density at radius 1 is 1.18 bits per heavy atom. The molecule has 0 atom stereocenters. The molecule has 0 fully saturated rings. The topological polar surface area (TPSA) is 75.9 Å². The molecule has 0 bridgehead atoms. The van der Waals surface area contributed by atoms with Crippen LogP contribution in [0.3, 0.4) is 0 Å². The van der Waals surface area contributed by atoms with Crippen molar-refractivity contribution in [2.45, 2.75) is 25.4 Å². The average molecular weight is 249 g/mol. The van der Waals surface area contributed by atoms with Crippen molar-refractivity contribution < 1.29 is 13.2 Å². The van der Waals surface area contributed by atoms with Gasteiger partial charge in [-0.1, -0.05) is 0 Å². The van der Waals surface area contributed by atoms with Gasteiger partial charge in [-0.15, -0.1) is 0 Å².